The van der Waals surface area contributed by atoms with Crippen molar-refractivity contribution in [3.05, 3.63) is 0 Å². The lowest BCUT2D eigenvalue weighted by atomic mass is 10.5. The van der Waals surface area contributed by atoms with Crippen molar-refractivity contribution >= 4 is 42.5 Å². The Bertz CT molecular complexity index is 510. The molecule has 0 fully saturated rings. The first-order valence-corrected chi connectivity index (χ1v) is 5.78. The summed E-state index contributed by atoms with van der Waals surface area (Å²) in [6.45, 7) is 3.37. The summed E-state index contributed by atoms with van der Waals surface area (Å²) in [5, 5.41) is 25.2. The summed E-state index contributed by atoms with van der Waals surface area (Å²) in [4.78, 5) is 0. The third kappa shape index (κ3) is 11.6. The van der Waals surface area contributed by atoms with Crippen LogP contribution in [0.2, 0.25) is 0 Å². The Morgan fingerprint density at radius 2 is 1.50 bits per heavy atom. The first-order chi connectivity index (χ1) is 10.6. The fourth-order valence-electron chi connectivity index (χ4n) is 0.763. The van der Waals surface area contributed by atoms with E-state index in [1.165, 1.54) is 25.1 Å². The number of guanidine groups is 1. The van der Waals surface area contributed by atoms with Crippen LogP contribution in [0.3, 0.4) is 0 Å². The van der Waals surface area contributed by atoms with Gasteiger partial charge in [-0.25, -0.2) is 5.43 Å². The van der Waals surface area contributed by atoms with Crippen LogP contribution in [0.1, 0.15) is 13.8 Å². The minimum atomic E-state index is -0.00948. The molecule has 0 saturated heterocycles. The summed E-state index contributed by atoms with van der Waals surface area (Å²) in [6, 6.07) is 0. The van der Waals surface area contributed by atoms with Crippen LogP contribution < -0.4 is 33.7 Å². The van der Waals surface area contributed by atoms with E-state index >= 15 is 0 Å². The molecule has 120 valence electrons. The minimum Gasteiger partial charge on any atom is -0.367 e. The van der Waals surface area contributed by atoms with Crippen molar-refractivity contribution in [2.24, 2.45) is 53.1 Å². The van der Waals surface area contributed by atoms with E-state index in [1.807, 2.05) is 0 Å². The number of hydrazone groups is 5. The number of nitrogens with zero attached hydrogens (tertiary/aromatic N) is 7. The van der Waals surface area contributed by atoms with Gasteiger partial charge < -0.3 is 17.4 Å². The SMILES string of the molecule is CC(C=NNC=NN)=N/N=C(/N)NN=CC(C)=NNC=NN. The summed E-state index contributed by atoms with van der Waals surface area (Å²) in [7, 11) is 0. The molecule has 0 radical (unpaired) electrons. The molecule has 0 aromatic rings. The van der Waals surface area contributed by atoms with Crippen molar-refractivity contribution in [2.45, 2.75) is 13.8 Å². The van der Waals surface area contributed by atoms with Gasteiger partial charge in [-0.1, -0.05) is 0 Å². The molecule has 13 nitrogen and oxygen atoms in total. The van der Waals surface area contributed by atoms with Crippen LogP contribution in [0.15, 0.2) is 35.7 Å². The highest BCUT2D eigenvalue weighted by molar-refractivity contribution is 6.30. The molecule has 0 aliphatic heterocycles. The second-order valence-electron chi connectivity index (χ2n) is 3.42. The van der Waals surface area contributed by atoms with Crippen LogP contribution in [0.25, 0.3) is 0 Å². The lowest BCUT2D eigenvalue weighted by Gasteiger charge is -1.96. The van der Waals surface area contributed by atoms with E-state index in [-0.39, 0.29) is 5.96 Å². The molecular formula is C9H19N13. The molecule has 0 heterocycles. The van der Waals surface area contributed by atoms with Gasteiger partial charge in [-0.3, -0.25) is 10.9 Å². The van der Waals surface area contributed by atoms with Crippen LogP contribution in [0, 0.1) is 0 Å². The number of hydrogen-bond donors (Lipinski definition) is 6. The van der Waals surface area contributed by atoms with Gasteiger partial charge in [0.15, 0.2) is 0 Å². The van der Waals surface area contributed by atoms with E-state index in [1.54, 1.807) is 13.8 Å². The average molecular weight is 309 g/mol. The highest BCUT2D eigenvalue weighted by Crippen LogP contribution is 1.77. The Balaban J connectivity index is 4.32. The van der Waals surface area contributed by atoms with Crippen LogP contribution in [0.5, 0.6) is 0 Å². The summed E-state index contributed by atoms with van der Waals surface area (Å²) in [6.07, 6.45) is 5.24. The van der Waals surface area contributed by atoms with E-state index in [9.17, 15) is 0 Å². The normalized spacial score (nSPS) is 14.5. The lowest BCUT2D eigenvalue weighted by Crippen LogP contribution is -2.27. The third-order valence-electron chi connectivity index (χ3n) is 1.58. The first-order valence-electron chi connectivity index (χ1n) is 5.78. The van der Waals surface area contributed by atoms with E-state index in [4.69, 9.17) is 17.4 Å². The molecule has 0 atom stereocenters. The number of hydrogen-bond acceptors (Lipinski definition) is 9. The predicted molar refractivity (Wildman–Crippen MR) is 89.6 cm³/mol. The molecule has 0 saturated carbocycles. The van der Waals surface area contributed by atoms with Crippen LogP contribution in [0.4, 0.5) is 0 Å². The highest BCUT2D eigenvalue weighted by atomic mass is 15.4. The Kier molecular flexibility index (Phi) is 10.5. The maximum atomic E-state index is 5.53. The summed E-state index contributed by atoms with van der Waals surface area (Å²) in [5.74, 6) is 9.73. The van der Waals surface area contributed by atoms with Crippen molar-refractivity contribution in [2.75, 3.05) is 0 Å². The van der Waals surface area contributed by atoms with E-state index < -0.39 is 0 Å². The van der Waals surface area contributed by atoms with E-state index in [0.29, 0.717) is 11.4 Å². The van der Waals surface area contributed by atoms with Crippen molar-refractivity contribution in [1.82, 2.24) is 16.3 Å². The smallest absolute Gasteiger partial charge is 0.234 e. The van der Waals surface area contributed by atoms with E-state index in [0.717, 1.165) is 0 Å². The Labute approximate surface area is 126 Å². The molecule has 0 amide bonds. The second-order valence-corrected chi connectivity index (χ2v) is 3.42. The predicted octanol–water partition coefficient (Wildman–Crippen LogP) is -2.40. The molecule has 0 aliphatic rings. The molecule has 0 spiro atoms. The highest BCUT2D eigenvalue weighted by Gasteiger charge is 1.88. The quantitative estimate of drug-likeness (QED) is 0.125. The molecular weight excluding hydrogens is 290 g/mol. The summed E-state index contributed by atoms with van der Waals surface area (Å²) in [5.41, 5.74) is 14.0. The maximum Gasteiger partial charge on any atom is 0.234 e. The summed E-state index contributed by atoms with van der Waals surface area (Å²) >= 11 is 0. The molecule has 0 unspecified atom stereocenters. The number of nitrogens with one attached hydrogen (secondary N) is 3. The third-order valence-corrected chi connectivity index (χ3v) is 1.58. The Morgan fingerprint density at radius 3 is 2.18 bits per heavy atom. The molecule has 0 rings (SSSR count). The van der Waals surface area contributed by atoms with Gasteiger partial charge in [0.1, 0.15) is 12.7 Å². The fourth-order valence-corrected chi connectivity index (χ4v) is 0.763. The first kappa shape index (κ1) is 18.5. The lowest BCUT2D eigenvalue weighted by molar-refractivity contribution is 0.992. The minimum absolute atomic E-state index is 0.00948. The van der Waals surface area contributed by atoms with Crippen LogP contribution >= 0.6 is 0 Å². The van der Waals surface area contributed by atoms with Gasteiger partial charge in [-0.15, -0.1) is 5.10 Å². The van der Waals surface area contributed by atoms with Crippen molar-refractivity contribution in [1.29, 1.82) is 0 Å². The Hall–Kier alpha value is -3.51. The number of rotatable bonds is 8. The van der Waals surface area contributed by atoms with E-state index in [2.05, 4.69) is 52.0 Å². The number of nitrogens with two attached hydrogens (primary N) is 3. The van der Waals surface area contributed by atoms with Gasteiger partial charge in [0, 0.05) is 0 Å². The zero-order chi connectivity index (χ0) is 16.6. The monoisotopic (exact) mass is 309 g/mol. The standard InChI is InChI=1S/C9H19N13/c1-7(19-18-6-14-12)4-16-21-9(10)22-20-8(2)3-15-17-5-13-11/h3-6H,11-12H2,1-2H3,(H,13,17)(H,14,18)(H3,10,21,22). The fraction of sp³-hybridized carbons (Fsp3) is 0.222. The zero-order valence-corrected chi connectivity index (χ0v) is 12.2. The maximum absolute atomic E-state index is 5.53. The molecule has 13 heteroatoms. The zero-order valence-electron chi connectivity index (χ0n) is 12.2. The second kappa shape index (κ2) is 12.5. The average Bonchev–Trinajstić information content (AvgIpc) is 2.50. The molecule has 0 bridgehead atoms. The Morgan fingerprint density at radius 1 is 0.864 bits per heavy atom. The summed E-state index contributed by atoms with van der Waals surface area (Å²) < 4.78 is 0. The molecule has 0 aliphatic carbocycles. The van der Waals surface area contributed by atoms with Gasteiger partial charge >= 0.3 is 0 Å². The molecule has 0 aromatic carbocycles. The van der Waals surface area contributed by atoms with Crippen molar-refractivity contribution in [3.63, 3.8) is 0 Å². The largest absolute Gasteiger partial charge is 0.367 e. The molecule has 22 heavy (non-hydrogen) atoms. The molecule has 9 N–H and O–H groups in total. The van der Waals surface area contributed by atoms with Crippen LogP contribution in [-0.4, -0.2) is 42.5 Å². The van der Waals surface area contributed by atoms with Gasteiger partial charge in [-0.2, -0.15) is 30.6 Å². The molecule has 0 aromatic heterocycles. The topological polar surface area (TPSA) is 201 Å². The van der Waals surface area contributed by atoms with Crippen molar-refractivity contribution < 1.29 is 0 Å². The van der Waals surface area contributed by atoms with Gasteiger partial charge in [0.25, 0.3) is 0 Å². The van der Waals surface area contributed by atoms with Crippen molar-refractivity contribution in [3.8, 4) is 0 Å². The van der Waals surface area contributed by atoms with Gasteiger partial charge in [-0.05, 0) is 13.8 Å². The van der Waals surface area contributed by atoms with Crippen LogP contribution in [-0.2, 0) is 0 Å². The van der Waals surface area contributed by atoms with Gasteiger partial charge in [0.2, 0.25) is 5.96 Å². The van der Waals surface area contributed by atoms with Gasteiger partial charge in [0.05, 0.1) is 23.9 Å².